The summed E-state index contributed by atoms with van der Waals surface area (Å²) in [6.45, 7) is 2.40. The number of ether oxygens (including phenoxy) is 2. The van der Waals surface area contributed by atoms with Crippen molar-refractivity contribution in [3.8, 4) is 11.5 Å². The van der Waals surface area contributed by atoms with Crippen LogP contribution in [0.1, 0.15) is 12.5 Å². The van der Waals surface area contributed by atoms with E-state index in [1.165, 1.54) is 4.90 Å². The molecular weight excluding hydrogens is 344 g/mol. The lowest BCUT2D eigenvalue weighted by atomic mass is 10.1. The molecule has 6 heteroatoms. The van der Waals surface area contributed by atoms with Crippen molar-refractivity contribution < 1.29 is 19.1 Å². The van der Waals surface area contributed by atoms with E-state index in [1.54, 1.807) is 19.2 Å². The highest BCUT2D eigenvalue weighted by Gasteiger charge is 2.23. The third kappa shape index (κ3) is 4.28. The number of hydrogen-bond acceptors (Lipinski definition) is 4. The summed E-state index contributed by atoms with van der Waals surface area (Å²) in [6, 6.07) is 14.7. The first kappa shape index (κ1) is 18.5. The Morgan fingerprint density at radius 3 is 2.67 bits per heavy atom. The zero-order valence-corrected chi connectivity index (χ0v) is 15.4. The molecule has 2 aromatic rings. The minimum atomic E-state index is -0.285. The average molecular weight is 366 g/mol. The Hall–Kier alpha value is -3.28. The van der Waals surface area contributed by atoms with Gasteiger partial charge in [0.05, 0.1) is 18.4 Å². The molecule has 3 rings (SSSR count). The van der Waals surface area contributed by atoms with Gasteiger partial charge in [0.25, 0.3) is 5.91 Å². The number of rotatable bonds is 6. The number of likely N-dealkylation sites (N-methyl/N-ethyl adjacent to an activating group) is 1. The molecule has 0 fully saturated rings. The van der Waals surface area contributed by atoms with Crippen LogP contribution in [0.2, 0.25) is 0 Å². The van der Waals surface area contributed by atoms with Gasteiger partial charge in [0.15, 0.2) is 0 Å². The van der Waals surface area contributed by atoms with Crippen LogP contribution in [-0.2, 0) is 9.59 Å². The van der Waals surface area contributed by atoms with Gasteiger partial charge in [0.1, 0.15) is 24.7 Å². The predicted octanol–water partition coefficient (Wildman–Crippen LogP) is 2.96. The highest BCUT2D eigenvalue weighted by molar-refractivity contribution is 6.02. The molecule has 0 unspecified atom stereocenters. The lowest BCUT2D eigenvalue weighted by Gasteiger charge is -2.24. The molecule has 0 bridgehead atoms. The van der Waals surface area contributed by atoms with Crippen LogP contribution in [0.5, 0.6) is 11.5 Å². The molecule has 6 nitrogen and oxygen atoms in total. The van der Waals surface area contributed by atoms with Crippen LogP contribution < -0.4 is 14.8 Å². The molecule has 1 aliphatic heterocycles. The molecule has 0 aromatic heterocycles. The monoisotopic (exact) mass is 366 g/mol. The van der Waals surface area contributed by atoms with Gasteiger partial charge in [-0.05, 0) is 31.2 Å². The smallest absolute Gasteiger partial charge is 0.253 e. The lowest BCUT2D eigenvalue weighted by Crippen LogP contribution is -2.39. The second-order valence-electron chi connectivity index (χ2n) is 6.06. The summed E-state index contributed by atoms with van der Waals surface area (Å²) in [5, 5.41) is 2.79. The van der Waals surface area contributed by atoms with Gasteiger partial charge in [0, 0.05) is 12.1 Å². The molecule has 140 valence electrons. The maximum atomic E-state index is 12.8. The molecule has 0 radical (unpaired) electrons. The summed E-state index contributed by atoms with van der Waals surface area (Å²) in [5.41, 5.74) is 1.96. The lowest BCUT2D eigenvalue weighted by molar-refractivity contribution is -0.131. The number of amides is 2. The van der Waals surface area contributed by atoms with Crippen LogP contribution >= 0.6 is 0 Å². The first-order valence-electron chi connectivity index (χ1n) is 8.77. The highest BCUT2D eigenvalue weighted by atomic mass is 16.5. The van der Waals surface area contributed by atoms with Crippen LogP contribution in [0.4, 0.5) is 5.69 Å². The number of fused-ring (bicyclic) bond motifs is 1. The zero-order chi connectivity index (χ0) is 19.2. The van der Waals surface area contributed by atoms with E-state index in [0.29, 0.717) is 23.6 Å². The first-order valence-corrected chi connectivity index (χ1v) is 8.77. The average Bonchev–Trinajstić information content (AvgIpc) is 2.71. The molecule has 0 saturated heterocycles. The Balaban J connectivity index is 1.69. The van der Waals surface area contributed by atoms with E-state index in [2.05, 4.69) is 5.32 Å². The molecule has 1 aliphatic rings. The number of carbonyl (C=O) groups excluding carboxylic acids is 2. The second-order valence-corrected chi connectivity index (χ2v) is 6.06. The van der Waals surface area contributed by atoms with Crippen LogP contribution in [0.3, 0.4) is 0 Å². The molecule has 0 atom stereocenters. The fourth-order valence-corrected chi connectivity index (χ4v) is 2.88. The van der Waals surface area contributed by atoms with Crippen molar-refractivity contribution in [2.45, 2.75) is 6.92 Å². The Bertz CT molecular complexity index is 876. The highest BCUT2D eigenvalue weighted by Crippen LogP contribution is 2.26. The van der Waals surface area contributed by atoms with Crippen molar-refractivity contribution in [3.05, 3.63) is 59.7 Å². The summed E-state index contributed by atoms with van der Waals surface area (Å²) in [5.74, 6) is 0.834. The van der Waals surface area contributed by atoms with Gasteiger partial charge in [-0.15, -0.1) is 0 Å². The molecule has 2 aromatic carbocycles. The Morgan fingerprint density at radius 2 is 1.89 bits per heavy atom. The topological polar surface area (TPSA) is 67.9 Å². The molecule has 2 amide bonds. The van der Waals surface area contributed by atoms with Gasteiger partial charge in [0.2, 0.25) is 5.91 Å². The summed E-state index contributed by atoms with van der Waals surface area (Å²) in [7, 11) is 1.54. The standard InChI is InChI=1S/C21H22N2O4/c1-3-23(13-20(24)22-17-9-5-7-11-19(17)26-2)21(25)16-12-15-8-4-6-10-18(15)27-14-16/h4-12H,3,13-14H2,1-2H3,(H,22,24). The van der Waals surface area contributed by atoms with E-state index in [9.17, 15) is 9.59 Å². The number of benzene rings is 2. The molecule has 0 spiro atoms. The fraction of sp³-hybridized carbons (Fsp3) is 0.238. The summed E-state index contributed by atoms with van der Waals surface area (Å²) >= 11 is 0. The van der Waals surface area contributed by atoms with Crippen LogP contribution in [-0.4, -0.2) is 43.5 Å². The fourth-order valence-electron chi connectivity index (χ4n) is 2.88. The molecule has 27 heavy (non-hydrogen) atoms. The third-order valence-corrected chi connectivity index (χ3v) is 4.29. The van der Waals surface area contributed by atoms with Gasteiger partial charge in [-0.1, -0.05) is 30.3 Å². The van der Waals surface area contributed by atoms with E-state index in [4.69, 9.17) is 9.47 Å². The maximum absolute atomic E-state index is 12.8. The number of anilines is 1. The normalized spacial score (nSPS) is 12.3. The number of para-hydroxylation sites is 3. The van der Waals surface area contributed by atoms with E-state index in [-0.39, 0.29) is 25.0 Å². The number of nitrogens with one attached hydrogen (secondary N) is 1. The van der Waals surface area contributed by atoms with Gasteiger partial charge < -0.3 is 19.7 Å². The summed E-state index contributed by atoms with van der Waals surface area (Å²) in [6.07, 6.45) is 1.82. The van der Waals surface area contributed by atoms with Gasteiger partial charge in [-0.25, -0.2) is 0 Å². The SMILES string of the molecule is CCN(CC(=O)Nc1ccccc1OC)C(=O)C1=Cc2ccccc2OC1. The minimum Gasteiger partial charge on any atom is -0.495 e. The van der Waals surface area contributed by atoms with E-state index >= 15 is 0 Å². The van der Waals surface area contributed by atoms with Crippen LogP contribution in [0.25, 0.3) is 6.08 Å². The van der Waals surface area contributed by atoms with Crippen LogP contribution in [0, 0.1) is 0 Å². The summed E-state index contributed by atoms with van der Waals surface area (Å²) < 4.78 is 10.9. The number of carbonyl (C=O) groups is 2. The molecule has 0 saturated carbocycles. The van der Waals surface area contributed by atoms with E-state index < -0.39 is 0 Å². The minimum absolute atomic E-state index is 0.0492. The van der Waals surface area contributed by atoms with Crippen LogP contribution in [0.15, 0.2) is 54.1 Å². The molecule has 1 heterocycles. The Kier molecular flexibility index (Phi) is 5.76. The van der Waals surface area contributed by atoms with Gasteiger partial charge in [-0.3, -0.25) is 9.59 Å². The van der Waals surface area contributed by atoms with Crippen molar-refractivity contribution in [2.75, 3.05) is 32.1 Å². The Labute approximate surface area is 158 Å². The number of methoxy groups -OCH3 is 1. The van der Waals surface area contributed by atoms with Crippen molar-refractivity contribution in [1.82, 2.24) is 4.90 Å². The van der Waals surface area contributed by atoms with Crippen molar-refractivity contribution in [2.24, 2.45) is 0 Å². The number of hydrogen-bond donors (Lipinski definition) is 1. The third-order valence-electron chi connectivity index (χ3n) is 4.29. The van der Waals surface area contributed by atoms with E-state index in [1.807, 2.05) is 49.4 Å². The Morgan fingerprint density at radius 1 is 1.15 bits per heavy atom. The van der Waals surface area contributed by atoms with E-state index in [0.717, 1.165) is 11.3 Å². The second kappa shape index (κ2) is 8.40. The molecular formula is C21H22N2O4. The largest absolute Gasteiger partial charge is 0.495 e. The quantitative estimate of drug-likeness (QED) is 0.853. The number of nitrogens with zero attached hydrogens (tertiary/aromatic N) is 1. The van der Waals surface area contributed by atoms with Crippen molar-refractivity contribution in [3.63, 3.8) is 0 Å². The predicted molar refractivity (Wildman–Crippen MR) is 104 cm³/mol. The first-order chi connectivity index (χ1) is 13.1. The zero-order valence-electron chi connectivity index (χ0n) is 15.4. The van der Waals surface area contributed by atoms with Gasteiger partial charge in [-0.2, -0.15) is 0 Å². The maximum Gasteiger partial charge on any atom is 0.253 e. The molecule has 1 N–H and O–H groups in total. The molecule has 0 aliphatic carbocycles. The van der Waals surface area contributed by atoms with Crippen molar-refractivity contribution >= 4 is 23.6 Å². The van der Waals surface area contributed by atoms with Gasteiger partial charge >= 0.3 is 0 Å². The van der Waals surface area contributed by atoms with Crippen molar-refractivity contribution in [1.29, 1.82) is 0 Å². The summed E-state index contributed by atoms with van der Waals surface area (Å²) in [4.78, 5) is 26.7.